The summed E-state index contributed by atoms with van der Waals surface area (Å²) in [6, 6.07) is 92.7. The zero-order valence-corrected chi connectivity index (χ0v) is 47.3. The van der Waals surface area contributed by atoms with Crippen LogP contribution in [0, 0.1) is 0 Å². The Morgan fingerprint density at radius 3 is 1.38 bits per heavy atom. The Bertz CT molecular complexity index is 4420. The molecule has 0 spiro atoms. The van der Waals surface area contributed by atoms with Gasteiger partial charge in [0, 0.05) is 33.5 Å². The normalized spacial score (nSPS) is 15.1. The van der Waals surface area contributed by atoms with Gasteiger partial charge in [0.05, 0.1) is 16.4 Å². The zero-order valence-electron chi connectivity index (χ0n) is 47.3. The van der Waals surface area contributed by atoms with Gasteiger partial charge in [-0.05, 0) is 209 Å². The third-order valence-electron chi connectivity index (χ3n) is 18.4. The van der Waals surface area contributed by atoms with E-state index in [0.29, 0.717) is 0 Å². The lowest BCUT2D eigenvalue weighted by Gasteiger charge is -2.36. The molecule has 12 aromatic rings. The van der Waals surface area contributed by atoms with E-state index in [9.17, 15) is 0 Å². The van der Waals surface area contributed by atoms with Crippen LogP contribution in [0.2, 0.25) is 0 Å². The van der Waals surface area contributed by atoms with E-state index < -0.39 is 5.41 Å². The van der Waals surface area contributed by atoms with E-state index in [0.717, 1.165) is 36.3 Å². The Hall–Kier alpha value is -8.98. The monoisotopic (exact) mass is 1040 g/mol. The molecule has 1 atom stereocenters. The number of benzene rings is 11. The van der Waals surface area contributed by atoms with E-state index in [4.69, 9.17) is 0 Å². The Kier molecular flexibility index (Phi) is 11.2. The number of aryl methyl sites for hydroxylation is 4. The largest absolute Gasteiger partial charge is 0.310 e. The van der Waals surface area contributed by atoms with Crippen molar-refractivity contribution in [3.05, 3.63) is 298 Å². The maximum atomic E-state index is 2.52. The van der Waals surface area contributed by atoms with Crippen molar-refractivity contribution in [1.29, 1.82) is 0 Å². The molecule has 2 nitrogen and oxygen atoms in total. The Labute approximate surface area is 477 Å². The highest BCUT2D eigenvalue weighted by Gasteiger charge is 2.47. The van der Waals surface area contributed by atoms with E-state index in [1.165, 1.54) is 134 Å². The van der Waals surface area contributed by atoms with Gasteiger partial charge in [-0.1, -0.05) is 211 Å². The van der Waals surface area contributed by atoms with Gasteiger partial charge < -0.3 is 9.47 Å². The highest BCUT2D eigenvalue weighted by atomic mass is 15.1. The summed E-state index contributed by atoms with van der Waals surface area (Å²) in [4.78, 5) is 2.46. The maximum absolute atomic E-state index is 2.52. The van der Waals surface area contributed by atoms with Gasteiger partial charge in [0.15, 0.2) is 0 Å². The van der Waals surface area contributed by atoms with Crippen molar-refractivity contribution in [2.45, 2.75) is 83.5 Å². The van der Waals surface area contributed by atoms with Crippen LogP contribution in [-0.2, 0) is 41.9 Å². The van der Waals surface area contributed by atoms with Crippen LogP contribution in [0.1, 0.15) is 97.2 Å². The average molecular weight is 1040 g/mol. The van der Waals surface area contributed by atoms with E-state index in [2.05, 4.69) is 294 Å². The summed E-state index contributed by atoms with van der Waals surface area (Å²) in [7, 11) is 0. The molecule has 0 radical (unpaired) electrons. The number of nitrogens with zero attached hydrogens (tertiary/aromatic N) is 2. The molecule has 1 aromatic heterocycles. The minimum Gasteiger partial charge on any atom is -0.310 e. The van der Waals surface area contributed by atoms with Gasteiger partial charge >= 0.3 is 0 Å². The molecular weight excluding hydrogens is 977 g/mol. The number of anilines is 3. The number of fused-ring (bicyclic) bond motifs is 8. The molecule has 0 N–H and O–H groups in total. The molecule has 0 amide bonds. The SMILES string of the molecule is CC(C)(C)c1cc(-n2c3ccc(-c4ccc(N(c5ccc(-c6ccccc6)cc5)c5ccc6c(c5)C(c5ccccc5)(c5ccc7c(c5)CC7)c5ccccc5-6)cc4)cc3c3cc(-c4ccc5c(c4)CC5)ccc32)cc(C(C)(C)C)c1. The number of hydrogen-bond acceptors (Lipinski definition) is 1. The molecule has 0 saturated heterocycles. The predicted molar refractivity (Wildman–Crippen MR) is 341 cm³/mol. The van der Waals surface area contributed by atoms with Gasteiger partial charge in [-0.3, -0.25) is 0 Å². The molecule has 3 aliphatic carbocycles. The first-order chi connectivity index (χ1) is 39.4. The Morgan fingerprint density at radius 1 is 0.333 bits per heavy atom. The summed E-state index contributed by atoms with van der Waals surface area (Å²) in [6.45, 7) is 14.0. The molecule has 0 fully saturated rings. The van der Waals surface area contributed by atoms with Crippen LogP contribution in [0.25, 0.3) is 72.0 Å². The number of rotatable bonds is 9. The summed E-state index contributed by atoms with van der Waals surface area (Å²) < 4.78 is 2.52. The number of aromatic nitrogens is 1. The molecule has 0 bridgehead atoms. The lowest BCUT2D eigenvalue weighted by Crippen LogP contribution is -2.29. The fourth-order valence-corrected chi connectivity index (χ4v) is 13.6. The fourth-order valence-electron chi connectivity index (χ4n) is 13.6. The predicted octanol–water partition coefficient (Wildman–Crippen LogP) is 20.4. The summed E-state index contributed by atoms with van der Waals surface area (Å²) in [6.07, 6.45) is 4.63. The molecule has 0 aliphatic heterocycles. The molecule has 3 aliphatic rings. The van der Waals surface area contributed by atoms with Crippen molar-refractivity contribution in [3.8, 4) is 50.2 Å². The van der Waals surface area contributed by atoms with Crippen LogP contribution in [0.3, 0.4) is 0 Å². The average Bonchev–Trinajstić information content (AvgIpc) is 2.80. The fraction of sp³-hybridized carbons (Fsp3) is 0.165. The van der Waals surface area contributed by atoms with Crippen molar-refractivity contribution >= 4 is 38.9 Å². The first-order valence-corrected chi connectivity index (χ1v) is 29.2. The highest BCUT2D eigenvalue weighted by Crippen LogP contribution is 2.58. The van der Waals surface area contributed by atoms with Crippen LogP contribution in [-0.4, -0.2) is 4.57 Å². The van der Waals surface area contributed by atoms with Gasteiger partial charge in [0.2, 0.25) is 0 Å². The third-order valence-corrected chi connectivity index (χ3v) is 18.4. The zero-order chi connectivity index (χ0) is 54.8. The lowest BCUT2D eigenvalue weighted by molar-refractivity contribution is 0.568. The molecule has 81 heavy (non-hydrogen) atoms. The molecule has 1 heterocycles. The van der Waals surface area contributed by atoms with Crippen LogP contribution in [0.4, 0.5) is 17.1 Å². The van der Waals surface area contributed by atoms with Crippen molar-refractivity contribution in [2.75, 3.05) is 4.90 Å². The van der Waals surface area contributed by atoms with Gasteiger partial charge in [0.1, 0.15) is 0 Å². The highest BCUT2D eigenvalue weighted by molar-refractivity contribution is 6.12. The third kappa shape index (κ3) is 8.05. The minimum absolute atomic E-state index is 0.0148. The lowest BCUT2D eigenvalue weighted by atomic mass is 9.66. The summed E-state index contributed by atoms with van der Waals surface area (Å²) in [5.41, 5.74) is 30.2. The van der Waals surface area contributed by atoms with Crippen LogP contribution in [0.15, 0.2) is 243 Å². The molecular formula is C79H66N2. The first kappa shape index (κ1) is 49.1. The first-order valence-electron chi connectivity index (χ1n) is 29.2. The van der Waals surface area contributed by atoms with E-state index in [-0.39, 0.29) is 10.8 Å². The molecule has 2 heteroatoms. The minimum atomic E-state index is -0.505. The van der Waals surface area contributed by atoms with Crippen LogP contribution >= 0.6 is 0 Å². The van der Waals surface area contributed by atoms with Gasteiger partial charge in [0.25, 0.3) is 0 Å². The molecule has 1 unspecified atom stereocenters. The second-order valence-corrected chi connectivity index (χ2v) is 25.2. The van der Waals surface area contributed by atoms with Crippen molar-refractivity contribution in [2.24, 2.45) is 0 Å². The van der Waals surface area contributed by atoms with Crippen molar-refractivity contribution < 1.29 is 0 Å². The molecule has 11 aromatic carbocycles. The van der Waals surface area contributed by atoms with E-state index >= 15 is 0 Å². The molecule has 392 valence electrons. The summed E-state index contributed by atoms with van der Waals surface area (Å²) in [5, 5.41) is 2.52. The van der Waals surface area contributed by atoms with Crippen molar-refractivity contribution in [1.82, 2.24) is 4.57 Å². The Morgan fingerprint density at radius 2 is 0.802 bits per heavy atom. The van der Waals surface area contributed by atoms with Gasteiger partial charge in [-0.25, -0.2) is 0 Å². The summed E-state index contributed by atoms with van der Waals surface area (Å²) in [5.74, 6) is 0. The molecule has 15 rings (SSSR count). The van der Waals surface area contributed by atoms with Gasteiger partial charge in [-0.15, -0.1) is 0 Å². The van der Waals surface area contributed by atoms with E-state index in [1.807, 2.05) is 0 Å². The van der Waals surface area contributed by atoms with Gasteiger partial charge in [-0.2, -0.15) is 0 Å². The second-order valence-electron chi connectivity index (χ2n) is 25.2. The Balaban J connectivity index is 0.887. The number of hydrogen-bond donors (Lipinski definition) is 0. The topological polar surface area (TPSA) is 8.17 Å². The maximum Gasteiger partial charge on any atom is 0.0714 e. The van der Waals surface area contributed by atoms with Crippen LogP contribution in [0.5, 0.6) is 0 Å². The standard InChI is InChI=1S/C79H66N2/c1-77(2,3)63-47-64(78(4,5)6)49-68(48-63)81-75-41-32-59(45-71(75)72-46-60(33-42-76(72)81)57-25-22-53-21-24-56(53)43-57)55-30-37-66(38-31-55)80(65-35-28-52(29-36-65)51-15-9-7-10-16-51)67-39-40-70-69-19-13-14-20-73(69)79(74(70)50-67,61-17-11-8-12-18-61)62-34-27-54-23-26-58(54)44-62/h7-20,22,25,27-50H,21,23-24,26H2,1-6H3. The quantitative estimate of drug-likeness (QED) is 0.140. The molecule has 0 saturated carbocycles. The van der Waals surface area contributed by atoms with E-state index in [1.54, 1.807) is 0 Å². The van der Waals surface area contributed by atoms with Crippen LogP contribution < -0.4 is 4.90 Å². The summed E-state index contributed by atoms with van der Waals surface area (Å²) >= 11 is 0. The van der Waals surface area contributed by atoms with Crippen molar-refractivity contribution in [3.63, 3.8) is 0 Å². The second kappa shape index (κ2) is 18.5. The smallest absolute Gasteiger partial charge is 0.0714 e.